The van der Waals surface area contributed by atoms with Crippen LogP contribution in [-0.2, 0) is 11.2 Å². The highest BCUT2D eigenvalue weighted by Gasteiger charge is 2.20. The van der Waals surface area contributed by atoms with Crippen molar-refractivity contribution in [2.24, 2.45) is 0 Å². The minimum absolute atomic E-state index is 0. The summed E-state index contributed by atoms with van der Waals surface area (Å²) in [6.07, 6.45) is 1.79. The summed E-state index contributed by atoms with van der Waals surface area (Å²) < 4.78 is 13.6. The zero-order valence-corrected chi connectivity index (χ0v) is 12.9. The van der Waals surface area contributed by atoms with Crippen molar-refractivity contribution in [3.63, 3.8) is 0 Å². The van der Waals surface area contributed by atoms with Crippen LogP contribution in [0.5, 0.6) is 0 Å². The highest BCUT2D eigenvalue weighted by atomic mass is 35.5. The van der Waals surface area contributed by atoms with E-state index in [-0.39, 0.29) is 36.3 Å². The zero-order valence-electron chi connectivity index (χ0n) is 11.3. The van der Waals surface area contributed by atoms with Crippen molar-refractivity contribution in [1.29, 1.82) is 0 Å². The van der Waals surface area contributed by atoms with Crippen molar-refractivity contribution in [3.8, 4) is 0 Å². The molecule has 1 aliphatic rings. The molecule has 6 heteroatoms. The van der Waals surface area contributed by atoms with Crippen molar-refractivity contribution in [2.75, 3.05) is 6.54 Å². The number of carbonyl (C=O) groups excluding carboxylic acids is 1. The summed E-state index contributed by atoms with van der Waals surface area (Å²) in [5, 5.41) is 6.57. The SMILES string of the molecule is CC1CC(NC(=O)Cc2c(F)cccc2Cl)CCN1.Cl. The molecule has 2 unspecified atom stereocenters. The van der Waals surface area contributed by atoms with Crippen LogP contribution >= 0.6 is 24.0 Å². The van der Waals surface area contributed by atoms with Crippen LogP contribution in [0, 0.1) is 5.82 Å². The Kier molecular flexibility index (Phi) is 6.72. The second-order valence-electron chi connectivity index (χ2n) is 5.02. The number of benzene rings is 1. The Morgan fingerprint density at radius 2 is 2.30 bits per heavy atom. The molecule has 1 saturated heterocycles. The van der Waals surface area contributed by atoms with Crippen LogP contribution in [0.2, 0.25) is 5.02 Å². The Hall–Kier alpha value is -0.840. The van der Waals surface area contributed by atoms with Gasteiger partial charge in [-0.1, -0.05) is 17.7 Å². The van der Waals surface area contributed by atoms with E-state index in [0.717, 1.165) is 19.4 Å². The maximum Gasteiger partial charge on any atom is 0.224 e. The maximum atomic E-state index is 13.6. The van der Waals surface area contributed by atoms with Gasteiger partial charge in [0, 0.05) is 22.7 Å². The van der Waals surface area contributed by atoms with Gasteiger partial charge >= 0.3 is 0 Å². The van der Waals surface area contributed by atoms with Crippen molar-refractivity contribution < 1.29 is 9.18 Å². The standard InChI is InChI=1S/C14H18ClFN2O.ClH/c1-9-7-10(5-6-17-9)18-14(19)8-11-12(15)3-2-4-13(11)16;/h2-4,9-10,17H,5-8H2,1H3,(H,18,19);1H. The van der Waals surface area contributed by atoms with Gasteiger partial charge in [-0.05, 0) is 38.4 Å². The van der Waals surface area contributed by atoms with Gasteiger partial charge in [0.2, 0.25) is 5.91 Å². The van der Waals surface area contributed by atoms with Gasteiger partial charge in [0.1, 0.15) is 5.82 Å². The molecule has 0 aliphatic carbocycles. The average molecular weight is 321 g/mol. The summed E-state index contributed by atoms with van der Waals surface area (Å²) in [6, 6.07) is 5.01. The Balaban J connectivity index is 0.00000200. The molecular weight excluding hydrogens is 302 g/mol. The molecule has 0 aromatic heterocycles. The van der Waals surface area contributed by atoms with Crippen LogP contribution in [0.15, 0.2) is 18.2 Å². The summed E-state index contributed by atoms with van der Waals surface area (Å²) in [5.74, 6) is -0.604. The Morgan fingerprint density at radius 1 is 1.55 bits per heavy atom. The summed E-state index contributed by atoms with van der Waals surface area (Å²) in [5.41, 5.74) is 0.267. The van der Waals surface area contributed by atoms with E-state index in [4.69, 9.17) is 11.6 Å². The molecule has 1 aromatic carbocycles. The van der Waals surface area contributed by atoms with Gasteiger partial charge in [-0.15, -0.1) is 12.4 Å². The fourth-order valence-corrected chi connectivity index (χ4v) is 2.63. The first-order valence-electron chi connectivity index (χ1n) is 6.52. The lowest BCUT2D eigenvalue weighted by atomic mass is 10.0. The summed E-state index contributed by atoms with van der Waals surface area (Å²) in [4.78, 5) is 11.9. The molecule has 2 rings (SSSR count). The molecular formula is C14H19Cl2FN2O. The number of hydrogen-bond donors (Lipinski definition) is 2. The lowest BCUT2D eigenvalue weighted by molar-refractivity contribution is -0.121. The lowest BCUT2D eigenvalue weighted by Crippen LogP contribution is -2.47. The molecule has 1 heterocycles. The zero-order chi connectivity index (χ0) is 13.8. The number of hydrogen-bond acceptors (Lipinski definition) is 2. The Morgan fingerprint density at radius 3 is 2.95 bits per heavy atom. The topological polar surface area (TPSA) is 41.1 Å². The van der Waals surface area contributed by atoms with E-state index in [2.05, 4.69) is 17.6 Å². The number of halogens is 3. The molecule has 2 atom stereocenters. The van der Waals surface area contributed by atoms with E-state index in [1.807, 2.05) is 0 Å². The summed E-state index contributed by atoms with van der Waals surface area (Å²) >= 11 is 5.91. The first-order valence-corrected chi connectivity index (χ1v) is 6.89. The number of rotatable bonds is 3. The Labute approximate surface area is 129 Å². The number of piperidine rings is 1. The van der Waals surface area contributed by atoms with E-state index in [1.165, 1.54) is 12.1 Å². The number of carbonyl (C=O) groups is 1. The molecule has 0 spiro atoms. The van der Waals surface area contributed by atoms with Crippen LogP contribution in [0.25, 0.3) is 0 Å². The van der Waals surface area contributed by atoms with E-state index in [0.29, 0.717) is 11.1 Å². The van der Waals surface area contributed by atoms with Crippen LogP contribution in [0.1, 0.15) is 25.3 Å². The molecule has 1 aliphatic heterocycles. The van der Waals surface area contributed by atoms with Crippen molar-refractivity contribution in [3.05, 3.63) is 34.6 Å². The molecule has 0 saturated carbocycles. The third kappa shape index (κ3) is 4.62. The fraction of sp³-hybridized carbons (Fsp3) is 0.500. The van der Waals surface area contributed by atoms with Crippen LogP contribution in [0.4, 0.5) is 4.39 Å². The highest BCUT2D eigenvalue weighted by molar-refractivity contribution is 6.31. The monoisotopic (exact) mass is 320 g/mol. The predicted molar refractivity (Wildman–Crippen MR) is 81.0 cm³/mol. The van der Waals surface area contributed by atoms with Gasteiger partial charge in [-0.3, -0.25) is 4.79 Å². The van der Waals surface area contributed by atoms with E-state index < -0.39 is 5.82 Å². The summed E-state index contributed by atoms with van der Waals surface area (Å²) in [7, 11) is 0. The first kappa shape index (κ1) is 17.2. The maximum absolute atomic E-state index is 13.6. The van der Waals surface area contributed by atoms with Crippen LogP contribution in [0.3, 0.4) is 0 Å². The van der Waals surface area contributed by atoms with E-state index in [9.17, 15) is 9.18 Å². The quantitative estimate of drug-likeness (QED) is 0.899. The van der Waals surface area contributed by atoms with Gasteiger partial charge in [0.05, 0.1) is 6.42 Å². The van der Waals surface area contributed by atoms with Crippen LogP contribution in [-0.4, -0.2) is 24.5 Å². The van der Waals surface area contributed by atoms with E-state index in [1.54, 1.807) is 6.07 Å². The third-order valence-corrected chi connectivity index (χ3v) is 3.74. The molecule has 0 bridgehead atoms. The molecule has 1 aromatic rings. The minimum atomic E-state index is -0.429. The molecule has 3 nitrogen and oxygen atoms in total. The summed E-state index contributed by atoms with van der Waals surface area (Å²) in [6.45, 7) is 2.98. The van der Waals surface area contributed by atoms with Crippen LogP contribution < -0.4 is 10.6 Å². The largest absolute Gasteiger partial charge is 0.353 e. The van der Waals surface area contributed by atoms with Crippen molar-refractivity contribution >= 4 is 29.9 Å². The van der Waals surface area contributed by atoms with Gasteiger partial charge in [-0.2, -0.15) is 0 Å². The van der Waals surface area contributed by atoms with Gasteiger partial charge in [-0.25, -0.2) is 4.39 Å². The molecule has 112 valence electrons. The second-order valence-corrected chi connectivity index (χ2v) is 5.43. The molecule has 1 fully saturated rings. The fourth-order valence-electron chi connectivity index (χ4n) is 2.40. The minimum Gasteiger partial charge on any atom is -0.353 e. The lowest BCUT2D eigenvalue weighted by Gasteiger charge is -2.28. The number of amides is 1. The number of nitrogens with one attached hydrogen (secondary N) is 2. The smallest absolute Gasteiger partial charge is 0.224 e. The van der Waals surface area contributed by atoms with Crippen molar-refractivity contribution in [2.45, 2.75) is 38.3 Å². The third-order valence-electron chi connectivity index (χ3n) is 3.39. The highest BCUT2D eigenvalue weighted by Crippen LogP contribution is 2.19. The van der Waals surface area contributed by atoms with Crippen molar-refractivity contribution in [1.82, 2.24) is 10.6 Å². The van der Waals surface area contributed by atoms with Gasteiger partial charge in [0.25, 0.3) is 0 Å². The Bertz CT molecular complexity index is 450. The second kappa shape index (κ2) is 7.81. The molecule has 20 heavy (non-hydrogen) atoms. The average Bonchev–Trinajstić information content (AvgIpc) is 2.34. The molecule has 0 radical (unpaired) electrons. The molecule has 2 N–H and O–H groups in total. The first-order chi connectivity index (χ1) is 9.06. The van der Waals surface area contributed by atoms with E-state index >= 15 is 0 Å². The predicted octanol–water partition coefficient (Wildman–Crippen LogP) is 2.70. The molecule has 1 amide bonds. The van der Waals surface area contributed by atoms with Gasteiger partial charge < -0.3 is 10.6 Å². The van der Waals surface area contributed by atoms with Gasteiger partial charge in [0.15, 0.2) is 0 Å². The normalized spacial score (nSPS) is 21.9.